The second-order valence-corrected chi connectivity index (χ2v) is 3.25. The molecular formula is C8H14ClN3O. The molecule has 0 atom stereocenters. The van der Waals surface area contributed by atoms with E-state index in [0.29, 0.717) is 18.1 Å². The van der Waals surface area contributed by atoms with E-state index in [-0.39, 0.29) is 6.61 Å². The molecule has 0 amide bonds. The SMILES string of the molecule is Cc1nn(C)c(CNCCO)c1Cl. The molecule has 0 bridgehead atoms. The zero-order valence-electron chi connectivity index (χ0n) is 7.84. The van der Waals surface area contributed by atoms with Crippen LogP contribution in [0.4, 0.5) is 0 Å². The summed E-state index contributed by atoms with van der Waals surface area (Å²) in [7, 11) is 1.86. The Kier molecular flexibility index (Phi) is 3.71. The summed E-state index contributed by atoms with van der Waals surface area (Å²) in [5.74, 6) is 0. The van der Waals surface area contributed by atoms with Gasteiger partial charge < -0.3 is 10.4 Å². The molecule has 0 saturated heterocycles. The lowest BCUT2D eigenvalue weighted by molar-refractivity contribution is 0.291. The molecule has 0 aliphatic heterocycles. The van der Waals surface area contributed by atoms with Crippen molar-refractivity contribution >= 4 is 11.6 Å². The molecule has 5 heteroatoms. The van der Waals surface area contributed by atoms with Crippen LogP contribution in [0.25, 0.3) is 0 Å². The van der Waals surface area contributed by atoms with Gasteiger partial charge in [-0.1, -0.05) is 11.6 Å². The fourth-order valence-corrected chi connectivity index (χ4v) is 1.38. The van der Waals surface area contributed by atoms with Crippen molar-refractivity contribution in [2.75, 3.05) is 13.2 Å². The third-order valence-electron chi connectivity index (χ3n) is 1.84. The summed E-state index contributed by atoms with van der Waals surface area (Å²) in [5, 5.41) is 16.5. The Morgan fingerprint density at radius 2 is 2.31 bits per heavy atom. The zero-order valence-corrected chi connectivity index (χ0v) is 8.60. The number of aryl methyl sites for hydroxylation is 2. The molecule has 0 saturated carbocycles. The van der Waals surface area contributed by atoms with Gasteiger partial charge in [0.15, 0.2) is 0 Å². The number of aromatic nitrogens is 2. The van der Waals surface area contributed by atoms with E-state index < -0.39 is 0 Å². The van der Waals surface area contributed by atoms with E-state index in [1.54, 1.807) is 4.68 Å². The van der Waals surface area contributed by atoms with Crippen molar-refractivity contribution in [1.82, 2.24) is 15.1 Å². The molecule has 1 heterocycles. The van der Waals surface area contributed by atoms with Gasteiger partial charge in [0.05, 0.1) is 23.0 Å². The van der Waals surface area contributed by atoms with Gasteiger partial charge in [-0.2, -0.15) is 5.10 Å². The van der Waals surface area contributed by atoms with Crippen LogP contribution in [0.15, 0.2) is 0 Å². The fourth-order valence-electron chi connectivity index (χ4n) is 1.16. The van der Waals surface area contributed by atoms with Crippen molar-refractivity contribution < 1.29 is 5.11 Å². The summed E-state index contributed by atoms with van der Waals surface area (Å²) in [5.41, 5.74) is 1.79. The lowest BCUT2D eigenvalue weighted by Crippen LogP contribution is -2.19. The summed E-state index contributed by atoms with van der Waals surface area (Å²) in [6.45, 7) is 3.21. The highest BCUT2D eigenvalue weighted by molar-refractivity contribution is 6.31. The van der Waals surface area contributed by atoms with Gasteiger partial charge in [-0.15, -0.1) is 0 Å². The first kappa shape index (κ1) is 10.5. The molecule has 0 aliphatic rings. The molecule has 13 heavy (non-hydrogen) atoms. The Labute approximate surface area is 82.5 Å². The van der Waals surface area contributed by atoms with Crippen LogP contribution in [-0.4, -0.2) is 28.0 Å². The van der Waals surface area contributed by atoms with Gasteiger partial charge in [-0.25, -0.2) is 0 Å². The van der Waals surface area contributed by atoms with Crippen LogP contribution in [0.1, 0.15) is 11.4 Å². The molecule has 1 rings (SSSR count). The molecule has 1 aromatic rings. The largest absolute Gasteiger partial charge is 0.395 e. The predicted octanol–water partition coefficient (Wildman–Crippen LogP) is 0.464. The van der Waals surface area contributed by atoms with Gasteiger partial charge in [0.2, 0.25) is 0 Å². The molecule has 0 unspecified atom stereocenters. The van der Waals surface area contributed by atoms with Gasteiger partial charge in [0.25, 0.3) is 0 Å². The zero-order chi connectivity index (χ0) is 9.84. The van der Waals surface area contributed by atoms with Crippen molar-refractivity contribution in [1.29, 1.82) is 0 Å². The van der Waals surface area contributed by atoms with Crippen LogP contribution in [-0.2, 0) is 13.6 Å². The summed E-state index contributed by atoms with van der Waals surface area (Å²) in [4.78, 5) is 0. The highest BCUT2D eigenvalue weighted by Gasteiger charge is 2.09. The summed E-state index contributed by atoms with van der Waals surface area (Å²) in [6, 6.07) is 0. The van der Waals surface area contributed by atoms with Crippen LogP contribution in [0.2, 0.25) is 5.02 Å². The van der Waals surface area contributed by atoms with E-state index in [4.69, 9.17) is 16.7 Å². The molecule has 1 aromatic heterocycles. The van der Waals surface area contributed by atoms with Gasteiger partial charge >= 0.3 is 0 Å². The standard InChI is InChI=1S/C8H14ClN3O/c1-6-8(9)7(12(2)11-6)5-10-3-4-13/h10,13H,3-5H2,1-2H3. The number of nitrogens with zero attached hydrogens (tertiary/aromatic N) is 2. The van der Waals surface area contributed by atoms with Crippen molar-refractivity contribution in [3.8, 4) is 0 Å². The Balaban J connectivity index is 2.64. The van der Waals surface area contributed by atoms with Crippen molar-refractivity contribution in [2.24, 2.45) is 7.05 Å². The van der Waals surface area contributed by atoms with Crippen molar-refractivity contribution in [2.45, 2.75) is 13.5 Å². The maximum Gasteiger partial charge on any atom is 0.0860 e. The Hall–Kier alpha value is -0.580. The average molecular weight is 204 g/mol. The maximum atomic E-state index is 8.57. The lowest BCUT2D eigenvalue weighted by atomic mass is 10.3. The molecule has 4 nitrogen and oxygen atoms in total. The third kappa shape index (κ3) is 2.43. The predicted molar refractivity (Wildman–Crippen MR) is 51.7 cm³/mol. The monoisotopic (exact) mass is 203 g/mol. The number of rotatable bonds is 4. The minimum absolute atomic E-state index is 0.133. The highest BCUT2D eigenvalue weighted by Crippen LogP contribution is 2.18. The number of halogens is 1. The van der Waals surface area contributed by atoms with Gasteiger partial charge in [0.1, 0.15) is 0 Å². The molecule has 2 N–H and O–H groups in total. The summed E-state index contributed by atoms with van der Waals surface area (Å²) in [6.07, 6.45) is 0. The molecule has 0 fully saturated rings. The van der Waals surface area contributed by atoms with Crippen LogP contribution >= 0.6 is 11.6 Å². The number of hydrogen-bond acceptors (Lipinski definition) is 3. The average Bonchev–Trinajstić information content (AvgIpc) is 2.32. The lowest BCUT2D eigenvalue weighted by Gasteiger charge is -2.03. The Morgan fingerprint density at radius 3 is 2.77 bits per heavy atom. The van der Waals surface area contributed by atoms with E-state index in [1.807, 2.05) is 14.0 Å². The van der Waals surface area contributed by atoms with Crippen LogP contribution in [0.3, 0.4) is 0 Å². The number of nitrogens with one attached hydrogen (secondary N) is 1. The van der Waals surface area contributed by atoms with Crippen LogP contribution < -0.4 is 5.32 Å². The van der Waals surface area contributed by atoms with E-state index in [0.717, 1.165) is 11.4 Å². The molecule has 74 valence electrons. The third-order valence-corrected chi connectivity index (χ3v) is 2.33. The number of aliphatic hydroxyl groups is 1. The Morgan fingerprint density at radius 1 is 1.62 bits per heavy atom. The number of aliphatic hydroxyl groups excluding tert-OH is 1. The Bertz CT molecular complexity index is 285. The minimum atomic E-state index is 0.133. The summed E-state index contributed by atoms with van der Waals surface area (Å²) >= 11 is 6.01. The van der Waals surface area contributed by atoms with Gasteiger partial charge in [-0.3, -0.25) is 4.68 Å². The molecular weight excluding hydrogens is 190 g/mol. The van der Waals surface area contributed by atoms with Crippen molar-refractivity contribution in [3.63, 3.8) is 0 Å². The molecule has 0 radical (unpaired) electrons. The van der Waals surface area contributed by atoms with E-state index in [9.17, 15) is 0 Å². The van der Waals surface area contributed by atoms with Crippen LogP contribution in [0.5, 0.6) is 0 Å². The van der Waals surface area contributed by atoms with Gasteiger partial charge in [-0.05, 0) is 6.92 Å². The molecule has 0 spiro atoms. The van der Waals surface area contributed by atoms with E-state index in [2.05, 4.69) is 10.4 Å². The maximum absolute atomic E-state index is 8.57. The first-order valence-electron chi connectivity index (χ1n) is 4.16. The normalized spacial score (nSPS) is 10.8. The quantitative estimate of drug-likeness (QED) is 0.700. The topological polar surface area (TPSA) is 50.1 Å². The first-order chi connectivity index (χ1) is 6.16. The second-order valence-electron chi connectivity index (χ2n) is 2.87. The smallest absolute Gasteiger partial charge is 0.0860 e. The first-order valence-corrected chi connectivity index (χ1v) is 4.54. The second kappa shape index (κ2) is 4.60. The fraction of sp³-hybridized carbons (Fsp3) is 0.625. The van der Waals surface area contributed by atoms with Crippen LogP contribution in [0, 0.1) is 6.92 Å². The van der Waals surface area contributed by atoms with E-state index in [1.165, 1.54) is 0 Å². The minimum Gasteiger partial charge on any atom is -0.395 e. The molecule has 0 aromatic carbocycles. The molecule has 0 aliphatic carbocycles. The van der Waals surface area contributed by atoms with E-state index >= 15 is 0 Å². The highest BCUT2D eigenvalue weighted by atomic mass is 35.5. The van der Waals surface area contributed by atoms with Gasteiger partial charge in [0, 0.05) is 20.1 Å². The van der Waals surface area contributed by atoms with Crippen molar-refractivity contribution in [3.05, 3.63) is 16.4 Å². The summed E-state index contributed by atoms with van der Waals surface area (Å²) < 4.78 is 1.75. The number of hydrogen-bond donors (Lipinski definition) is 2.